The number of ether oxygens (including phenoxy) is 1. The first-order valence-electron chi connectivity index (χ1n) is 3.90. The number of nitrogens with one attached hydrogen (secondary N) is 1. The molecule has 1 amide bonds. The number of carbonyl (C=O) groups excluding carboxylic acids is 1. The second-order valence-electron chi connectivity index (χ2n) is 2.69. The van der Waals surface area contributed by atoms with Crippen molar-refractivity contribution in [3.05, 3.63) is 30.3 Å². The van der Waals surface area contributed by atoms with E-state index < -0.39 is 12.2 Å². The van der Waals surface area contributed by atoms with Gasteiger partial charge < -0.3 is 4.74 Å². The Morgan fingerprint density at radius 3 is 2.43 bits per heavy atom. The minimum Gasteiger partial charge on any atom is -0.384 e. The van der Waals surface area contributed by atoms with Crippen LogP contribution in [0.15, 0.2) is 30.3 Å². The van der Waals surface area contributed by atoms with Crippen molar-refractivity contribution >= 4 is 11.8 Å². The normalized spacial score (nSPS) is 10.8. The topological polar surface area (TPSA) is 38.3 Å². The molecule has 1 aromatic carbocycles. The molecule has 76 valence electrons. The van der Waals surface area contributed by atoms with Gasteiger partial charge >= 0.3 is 12.2 Å². The predicted molar refractivity (Wildman–Crippen MR) is 47.2 cm³/mol. The molecular formula is C9H9F2NO2. The number of hydrogen-bond donors (Lipinski definition) is 1. The lowest BCUT2D eigenvalue weighted by molar-refractivity contribution is -0.178. The third-order valence-corrected chi connectivity index (χ3v) is 1.29. The Labute approximate surface area is 79.7 Å². The second-order valence-corrected chi connectivity index (χ2v) is 2.69. The average Bonchev–Trinajstić information content (AvgIpc) is 2.02. The second kappa shape index (κ2) is 4.04. The zero-order chi connectivity index (χ0) is 10.6. The summed E-state index contributed by atoms with van der Waals surface area (Å²) in [6.07, 6.45) is -4.64. The molecule has 1 rings (SSSR count). The number of amides is 1. The predicted octanol–water partition coefficient (Wildman–Crippen LogP) is 2.85. The molecule has 0 saturated carbocycles. The van der Waals surface area contributed by atoms with Gasteiger partial charge in [-0.2, -0.15) is 8.78 Å². The van der Waals surface area contributed by atoms with Crippen LogP contribution in [-0.4, -0.2) is 12.2 Å². The monoisotopic (exact) mass is 201 g/mol. The van der Waals surface area contributed by atoms with E-state index in [-0.39, 0.29) is 0 Å². The number of rotatable bonds is 2. The lowest BCUT2D eigenvalue weighted by atomic mass is 10.3. The Kier molecular flexibility index (Phi) is 3.01. The van der Waals surface area contributed by atoms with Gasteiger partial charge in [-0.05, 0) is 12.1 Å². The van der Waals surface area contributed by atoms with Gasteiger partial charge in [0.1, 0.15) is 0 Å². The van der Waals surface area contributed by atoms with Crippen molar-refractivity contribution in [2.45, 2.75) is 13.0 Å². The summed E-state index contributed by atoms with van der Waals surface area (Å²) in [6.45, 7) is 0.498. The van der Waals surface area contributed by atoms with Crippen LogP contribution in [0, 0.1) is 0 Å². The van der Waals surface area contributed by atoms with E-state index in [1.165, 1.54) is 0 Å². The molecule has 0 bridgehead atoms. The minimum absolute atomic E-state index is 0.404. The highest BCUT2D eigenvalue weighted by molar-refractivity contribution is 5.84. The summed E-state index contributed by atoms with van der Waals surface area (Å²) in [5.41, 5.74) is 0.404. The molecule has 1 N–H and O–H groups in total. The highest BCUT2D eigenvalue weighted by atomic mass is 19.3. The lowest BCUT2D eigenvalue weighted by Crippen LogP contribution is -2.24. The van der Waals surface area contributed by atoms with E-state index in [1.807, 2.05) is 0 Å². The summed E-state index contributed by atoms with van der Waals surface area (Å²) in [5.74, 6) is 0. The zero-order valence-corrected chi connectivity index (χ0v) is 7.46. The van der Waals surface area contributed by atoms with Crippen LogP contribution in [0.3, 0.4) is 0 Å². The number of halogens is 2. The number of carbonyl (C=O) groups is 1. The molecular weight excluding hydrogens is 192 g/mol. The maximum Gasteiger partial charge on any atom is 0.416 e. The summed E-state index contributed by atoms with van der Waals surface area (Å²) >= 11 is 0. The summed E-state index contributed by atoms with van der Waals surface area (Å²) < 4.78 is 28.1. The van der Waals surface area contributed by atoms with Crippen molar-refractivity contribution in [1.29, 1.82) is 0 Å². The van der Waals surface area contributed by atoms with Crippen LogP contribution >= 0.6 is 0 Å². The van der Waals surface area contributed by atoms with E-state index in [2.05, 4.69) is 10.1 Å². The number of para-hydroxylation sites is 1. The van der Waals surface area contributed by atoms with Crippen LogP contribution in [0.2, 0.25) is 0 Å². The summed E-state index contributed by atoms with van der Waals surface area (Å²) in [4.78, 5) is 10.8. The van der Waals surface area contributed by atoms with Crippen molar-refractivity contribution in [3.8, 4) is 0 Å². The highest BCUT2D eigenvalue weighted by Gasteiger charge is 2.26. The SMILES string of the molecule is CC(F)(F)OC(=O)Nc1ccccc1. The molecule has 14 heavy (non-hydrogen) atoms. The fourth-order valence-corrected chi connectivity index (χ4v) is 0.828. The molecule has 0 spiro atoms. The van der Waals surface area contributed by atoms with Gasteiger partial charge in [-0.15, -0.1) is 0 Å². The summed E-state index contributed by atoms with van der Waals surface area (Å²) in [5, 5.41) is 2.16. The Balaban J connectivity index is 2.50. The third kappa shape index (κ3) is 3.84. The van der Waals surface area contributed by atoms with Gasteiger partial charge in [0.05, 0.1) is 0 Å². The molecule has 1 aromatic rings. The molecule has 0 aliphatic carbocycles. The molecule has 0 radical (unpaired) electrons. The van der Waals surface area contributed by atoms with Gasteiger partial charge in [0.2, 0.25) is 0 Å². The molecule has 0 heterocycles. The van der Waals surface area contributed by atoms with Crippen molar-refractivity contribution in [2.24, 2.45) is 0 Å². The molecule has 0 aliphatic heterocycles. The molecule has 3 nitrogen and oxygen atoms in total. The van der Waals surface area contributed by atoms with Crippen LogP contribution in [-0.2, 0) is 4.74 Å². The maximum atomic E-state index is 12.2. The first-order valence-corrected chi connectivity index (χ1v) is 3.90. The quantitative estimate of drug-likeness (QED) is 0.798. The highest BCUT2D eigenvalue weighted by Crippen LogP contribution is 2.15. The Morgan fingerprint density at radius 1 is 1.36 bits per heavy atom. The first-order chi connectivity index (χ1) is 6.47. The van der Waals surface area contributed by atoms with Crippen LogP contribution in [0.25, 0.3) is 0 Å². The third-order valence-electron chi connectivity index (χ3n) is 1.29. The van der Waals surface area contributed by atoms with Gasteiger partial charge in [0.15, 0.2) is 0 Å². The Hall–Kier alpha value is -1.65. The minimum atomic E-state index is -3.46. The van der Waals surface area contributed by atoms with Gasteiger partial charge in [-0.1, -0.05) is 18.2 Å². The van der Waals surface area contributed by atoms with E-state index in [0.717, 1.165) is 0 Å². The van der Waals surface area contributed by atoms with E-state index in [4.69, 9.17) is 0 Å². The number of benzene rings is 1. The van der Waals surface area contributed by atoms with Gasteiger partial charge in [0, 0.05) is 12.6 Å². The number of hydrogen-bond acceptors (Lipinski definition) is 2. The van der Waals surface area contributed by atoms with Crippen molar-refractivity contribution in [2.75, 3.05) is 5.32 Å². The van der Waals surface area contributed by atoms with E-state index in [0.29, 0.717) is 12.6 Å². The average molecular weight is 201 g/mol. The fraction of sp³-hybridized carbons (Fsp3) is 0.222. The molecule has 0 unspecified atom stereocenters. The van der Waals surface area contributed by atoms with Crippen molar-refractivity contribution in [1.82, 2.24) is 0 Å². The van der Waals surface area contributed by atoms with Crippen molar-refractivity contribution in [3.63, 3.8) is 0 Å². The van der Waals surface area contributed by atoms with Gasteiger partial charge in [-0.25, -0.2) is 4.79 Å². The number of alkyl halides is 2. The molecule has 5 heteroatoms. The Bertz CT molecular complexity index is 308. The smallest absolute Gasteiger partial charge is 0.384 e. The van der Waals surface area contributed by atoms with E-state index >= 15 is 0 Å². The van der Waals surface area contributed by atoms with Gasteiger partial charge in [0.25, 0.3) is 0 Å². The molecule has 0 aliphatic rings. The van der Waals surface area contributed by atoms with E-state index in [1.54, 1.807) is 30.3 Å². The molecule has 0 aromatic heterocycles. The standard InChI is InChI=1S/C9H9F2NO2/c1-9(10,11)14-8(13)12-7-5-3-2-4-6-7/h2-6H,1H3,(H,12,13). The maximum absolute atomic E-state index is 12.2. The molecule has 0 fully saturated rings. The molecule has 0 saturated heterocycles. The van der Waals surface area contributed by atoms with Gasteiger partial charge in [-0.3, -0.25) is 5.32 Å². The largest absolute Gasteiger partial charge is 0.416 e. The van der Waals surface area contributed by atoms with Crippen LogP contribution in [0.5, 0.6) is 0 Å². The summed E-state index contributed by atoms with van der Waals surface area (Å²) in [7, 11) is 0. The molecule has 0 atom stereocenters. The lowest BCUT2D eigenvalue weighted by Gasteiger charge is -2.11. The van der Waals surface area contributed by atoms with Crippen molar-refractivity contribution < 1.29 is 18.3 Å². The van der Waals surface area contributed by atoms with Crippen LogP contribution < -0.4 is 5.32 Å². The van der Waals surface area contributed by atoms with Crippen LogP contribution in [0.4, 0.5) is 19.3 Å². The zero-order valence-electron chi connectivity index (χ0n) is 7.46. The van der Waals surface area contributed by atoms with E-state index in [9.17, 15) is 13.6 Å². The fourth-order valence-electron chi connectivity index (χ4n) is 0.828. The first kappa shape index (κ1) is 10.4. The number of anilines is 1. The van der Waals surface area contributed by atoms with Crippen LogP contribution in [0.1, 0.15) is 6.92 Å². The Morgan fingerprint density at radius 2 is 1.93 bits per heavy atom. The summed E-state index contributed by atoms with van der Waals surface area (Å²) in [6, 6.07) is 8.20.